The Labute approximate surface area is 122 Å². The fourth-order valence-corrected chi connectivity index (χ4v) is 2.39. The van der Waals surface area contributed by atoms with Crippen molar-refractivity contribution in [3.63, 3.8) is 0 Å². The van der Waals surface area contributed by atoms with Crippen molar-refractivity contribution < 1.29 is 19.5 Å². The normalized spacial score (nSPS) is 18.2. The van der Waals surface area contributed by atoms with Crippen molar-refractivity contribution in [1.29, 1.82) is 0 Å². The van der Waals surface area contributed by atoms with Crippen LogP contribution in [0.2, 0.25) is 0 Å². The van der Waals surface area contributed by atoms with E-state index >= 15 is 0 Å². The van der Waals surface area contributed by atoms with Crippen LogP contribution in [0.5, 0.6) is 0 Å². The summed E-state index contributed by atoms with van der Waals surface area (Å²) in [6.45, 7) is 3.92. The maximum atomic E-state index is 12.2. The van der Waals surface area contributed by atoms with Gasteiger partial charge in [-0.25, -0.2) is 9.59 Å². The number of carboxylic acid groups (broad SMARTS) is 1. The first-order chi connectivity index (χ1) is 9.90. The maximum absolute atomic E-state index is 12.2. The van der Waals surface area contributed by atoms with Gasteiger partial charge in [0, 0.05) is 0 Å². The molecule has 1 aliphatic rings. The molecule has 6 nitrogen and oxygen atoms in total. The van der Waals surface area contributed by atoms with Crippen LogP contribution in [0.15, 0.2) is 24.3 Å². The standard InChI is InChI=1S/C15H18N2O4/c1-9(2)7-12-13(18)17(15(21)16-12)8-10-5-3-4-6-11(10)14(19)20/h3-6,9,12H,7-8H2,1-2H3,(H,16,21)(H,19,20). The minimum atomic E-state index is -1.07. The van der Waals surface area contributed by atoms with Gasteiger partial charge >= 0.3 is 12.0 Å². The number of carboxylic acids is 1. The molecule has 1 unspecified atom stereocenters. The zero-order valence-corrected chi connectivity index (χ0v) is 12.0. The number of amides is 3. The number of aromatic carboxylic acids is 1. The number of benzene rings is 1. The van der Waals surface area contributed by atoms with Crippen LogP contribution < -0.4 is 5.32 Å². The second-order valence-corrected chi connectivity index (χ2v) is 5.52. The lowest BCUT2D eigenvalue weighted by molar-refractivity contribution is -0.128. The predicted molar refractivity (Wildman–Crippen MR) is 75.7 cm³/mol. The smallest absolute Gasteiger partial charge is 0.336 e. The second kappa shape index (κ2) is 5.95. The highest BCUT2D eigenvalue weighted by Gasteiger charge is 2.38. The molecule has 1 aromatic carbocycles. The van der Waals surface area contributed by atoms with Crippen molar-refractivity contribution in [2.75, 3.05) is 0 Å². The van der Waals surface area contributed by atoms with Crippen LogP contribution >= 0.6 is 0 Å². The number of imide groups is 1. The molecular formula is C15H18N2O4. The molecular weight excluding hydrogens is 272 g/mol. The highest BCUT2D eigenvalue weighted by molar-refractivity contribution is 6.04. The Bertz CT molecular complexity index is 583. The molecule has 3 amide bonds. The first-order valence-electron chi connectivity index (χ1n) is 6.83. The van der Waals surface area contributed by atoms with E-state index < -0.39 is 18.0 Å². The lowest BCUT2D eigenvalue weighted by atomic mass is 10.0. The summed E-state index contributed by atoms with van der Waals surface area (Å²) in [5.41, 5.74) is 0.545. The van der Waals surface area contributed by atoms with E-state index in [9.17, 15) is 14.4 Å². The predicted octanol–water partition coefficient (Wildman–Crippen LogP) is 1.85. The van der Waals surface area contributed by atoms with E-state index in [-0.39, 0.29) is 23.9 Å². The Morgan fingerprint density at radius 1 is 1.33 bits per heavy atom. The summed E-state index contributed by atoms with van der Waals surface area (Å²) < 4.78 is 0. The van der Waals surface area contributed by atoms with Crippen LogP contribution in [0.1, 0.15) is 36.2 Å². The van der Waals surface area contributed by atoms with E-state index in [1.807, 2.05) is 13.8 Å². The molecule has 1 aliphatic heterocycles. The molecule has 6 heteroatoms. The van der Waals surface area contributed by atoms with Gasteiger partial charge in [-0.3, -0.25) is 9.69 Å². The highest BCUT2D eigenvalue weighted by atomic mass is 16.4. The van der Waals surface area contributed by atoms with E-state index in [2.05, 4.69) is 5.32 Å². The third-order valence-corrected chi connectivity index (χ3v) is 3.39. The molecule has 21 heavy (non-hydrogen) atoms. The summed E-state index contributed by atoms with van der Waals surface area (Å²) in [7, 11) is 0. The van der Waals surface area contributed by atoms with Gasteiger partial charge in [0.05, 0.1) is 12.1 Å². The molecule has 2 rings (SSSR count). The lowest BCUT2D eigenvalue weighted by Crippen LogP contribution is -2.32. The molecule has 0 bridgehead atoms. The van der Waals surface area contributed by atoms with Gasteiger partial charge in [0.2, 0.25) is 0 Å². The molecule has 0 spiro atoms. The van der Waals surface area contributed by atoms with Crippen molar-refractivity contribution in [2.45, 2.75) is 32.9 Å². The van der Waals surface area contributed by atoms with Crippen LogP contribution in [0.3, 0.4) is 0 Å². The van der Waals surface area contributed by atoms with Crippen molar-refractivity contribution in [3.8, 4) is 0 Å². The van der Waals surface area contributed by atoms with Gasteiger partial charge in [0.25, 0.3) is 5.91 Å². The topological polar surface area (TPSA) is 86.7 Å². The number of hydrogen-bond donors (Lipinski definition) is 2. The third-order valence-electron chi connectivity index (χ3n) is 3.39. The maximum Gasteiger partial charge on any atom is 0.336 e. The molecule has 0 aromatic heterocycles. The van der Waals surface area contributed by atoms with Crippen LogP contribution in [-0.4, -0.2) is 34.0 Å². The van der Waals surface area contributed by atoms with Crippen molar-refractivity contribution in [1.82, 2.24) is 10.2 Å². The van der Waals surface area contributed by atoms with E-state index in [0.29, 0.717) is 12.0 Å². The van der Waals surface area contributed by atoms with Crippen molar-refractivity contribution in [3.05, 3.63) is 35.4 Å². The summed E-state index contributed by atoms with van der Waals surface area (Å²) >= 11 is 0. The van der Waals surface area contributed by atoms with Crippen molar-refractivity contribution in [2.24, 2.45) is 5.92 Å². The third kappa shape index (κ3) is 3.21. The molecule has 1 fully saturated rings. The molecule has 0 radical (unpaired) electrons. The molecule has 0 saturated carbocycles. The monoisotopic (exact) mass is 290 g/mol. The minimum absolute atomic E-state index is 0.0261. The van der Waals surface area contributed by atoms with E-state index in [0.717, 1.165) is 4.90 Å². The highest BCUT2D eigenvalue weighted by Crippen LogP contribution is 2.18. The largest absolute Gasteiger partial charge is 0.478 e. The molecule has 0 aliphatic carbocycles. The number of urea groups is 1. The summed E-state index contributed by atoms with van der Waals surface area (Å²) in [6.07, 6.45) is 0.571. The minimum Gasteiger partial charge on any atom is -0.478 e. The van der Waals surface area contributed by atoms with Gasteiger partial charge in [-0.05, 0) is 24.0 Å². The average molecular weight is 290 g/mol. The van der Waals surface area contributed by atoms with E-state index in [1.165, 1.54) is 6.07 Å². The van der Waals surface area contributed by atoms with Crippen molar-refractivity contribution >= 4 is 17.9 Å². The Morgan fingerprint density at radius 3 is 2.62 bits per heavy atom. The van der Waals surface area contributed by atoms with Gasteiger partial charge in [-0.2, -0.15) is 0 Å². The first kappa shape index (κ1) is 15.0. The van der Waals surface area contributed by atoms with Gasteiger partial charge in [-0.1, -0.05) is 32.0 Å². The number of carbonyl (C=O) groups excluding carboxylic acids is 2. The molecule has 2 N–H and O–H groups in total. The van der Waals surface area contributed by atoms with Gasteiger partial charge in [0.1, 0.15) is 6.04 Å². The van der Waals surface area contributed by atoms with Crippen LogP contribution in [0.4, 0.5) is 4.79 Å². The molecule has 1 atom stereocenters. The SMILES string of the molecule is CC(C)CC1NC(=O)N(Cc2ccccc2C(=O)O)C1=O. The molecule has 1 aromatic rings. The second-order valence-electron chi connectivity index (χ2n) is 5.52. The Hall–Kier alpha value is -2.37. The summed E-state index contributed by atoms with van der Waals surface area (Å²) in [6, 6.07) is 5.38. The zero-order chi connectivity index (χ0) is 15.6. The number of hydrogen-bond acceptors (Lipinski definition) is 3. The number of nitrogens with one attached hydrogen (secondary N) is 1. The number of carbonyl (C=O) groups is 3. The Morgan fingerprint density at radius 2 is 2.00 bits per heavy atom. The van der Waals surface area contributed by atoms with Crippen LogP contribution in [0.25, 0.3) is 0 Å². The fraction of sp³-hybridized carbons (Fsp3) is 0.400. The van der Waals surface area contributed by atoms with Gasteiger partial charge in [-0.15, -0.1) is 0 Å². The number of nitrogens with zero attached hydrogens (tertiary/aromatic N) is 1. The summed E-state index contributed by atoms with van der Waals surface area (Å²) in [5.74, 6) is -1.09. The zero-order valence-electron chi connectivity index (χ0n) is 12.0. The van der Waals surface area contributed by atoms with E-state index in [4.69, 9.17) is 5.11 Å². The fourth-order valence-electron chi connectivity index (χ4n) is 2.39. The molecule has 1 heterocycles. The van der Waals surface area contributed by atoms with Crippen LogP contribution in [0, 0.1) is 5.92 Å². The van der Waals surface area contributed by atoms with Gasteiger partial charge in [0.15, 0.2) is 0 Å². The quantitative estimate of drug-likeness (QED) is 0.810. The first-order valence-corrected chi connectivity index (χ1v) is 6.83. The molecule has 112 valence electrons. The number of rotatable bonds is 5. The lowest BCUT2D eigenvalue weighted by Gasteiger charge is -2.15. The summed E-state index contributed by atoms with van der Waals surface area (Å²) in [5, 5.41) is 11.8. The Kier molecular flexibility index (Phi) is 4.26. The summed E-state index contributed by atoms with van der Waals surface area (Å²) in [4.78, 5) is 36.4. The Balaban J connectivity index is 2.18. The molecule has 1 saturated heterocycles. The average Bonchev–Trinajstić information content (AvgIpc) is 2.66. The van der Waals surface area contributed by atoms with Crippen LogP contribution in [-0.2, 0) is 11.3 Å². The van der Waals surface area contributed by atoms with Gasteiger partial charge < -0.3 is 10.4 Å². The van der Waals surface area contributed by atoms with E-state index in [1.54, 1.807) is 18.2 Å².